The highest BCUT2D eigenvalue weighted by Crippen LogP contribution is 2.28. The molecule has 0 aromatic heterocycles. The van der Waals surface area contributed by atoms with Gasteiger partial charge in [-0.25, -0.2) is 0 Å². The minimum absolute atomic E-state index is 0.132. The van der Waals surface area contributed by atoms with Gasteiger partial charge in [0, 0.05) is 14.0 Å². The number of benzene rings is 2. The fourth-order valence-electron chi connectivity index (χ4n) is 1.92. The van der Waals surface area contributed by atoms with Crippen LogP contribution in [0.5, 0.6) is 0 Å². The van der Waals surface area contributed by atoms with Crippen LogP contribution in [0.15, 0.2) is 51.4 Å². The van der Waals surface area contributed by atoms with Gasteiger partial charge in [0.1, 0.15) is 0 Å². The van der Waals surface area contributed by atoms with Gasteiger partial charge in [-0.05, 0) is 48.5 Å². The van der Waals surface area contributed by atoms with Crippen molar-refractivity contribution in [1.82, 2.24) is 5.32 Å². The van der Waals surface area contributed by atoms with E-state index >= 15 is 0 Å². The molecule has 0 aliphatic heterocycles. The molecule has 0 aliphatic carbocycles. The summed E-state index contributed by atoms with van der Waals surface area (Å²) in [4.78, 5) is 0. The lowest BCUT2D eigenvalue weighted by atomic mass is 9.99. The maximum absolute atomic E-state index is 6.10. The quantitative estimate of drug-likeness (QED) is 0.763. The Morgan fingerprint density at radius 1 is 0.944 bits per heavy atom. The second-order valence-electron chi connectivity index (χ2n) is 3.98. The highest BCUT2D eigenvalue weighted by Gasteiger charge is 2.12. The maximum Gasteiger partial charge on any atom is 0.0575 e. The molecule has 0 spiro atoms. The normalized spacial score (nSPS) is 12.4. The van der Waals surface area contributed by atoms with Gasteiger partial charge in [-0.3, -0.25) is 0 Å². The zero-order chi connectivity index (χ0) is 13.1. The Hall–Kier alpha value is -0.350. The van der Waals surface area contributed by atoms with E-state index in [-0.39, 0.29) is 6.04 Å². The van der Waals surface area contributed by atoms with Crippen LogP contribution in [-0.4, -0.2) is 7.05 Å². The van der Waals surface area contributed by atoms with Gasteiger partial charge in [0.2, 0.25) is 0 Å². The van der Waals surface area contributed by atoms with Crippen molar-refractivity contribution in [1.29, 1.82) is 0 Å². The standard InChI is InChI=1S/C14H12Br2ClN/c1-18-14(9-2-4-11(15)5-3-9)10-6-12(16)8-13(17)7-10/h2-8,14,18H,1H3. The lowest BCUT2D eigenvalue weighted by Gasteiger charge is -2.18. The molecule has 2 aromatic carbocycles. The second kappa shape index (κ2) is 6.20. The Kier molecular flexibility index (Phi) is 4.84. The summed E-state index contributed by atoms with van der Waals surface area (Å²) in [6.45, 7) is 0. The molecule has 0 heterocycles. The molecule has 0 saturated heterocycles. The third-order valence-corrected chi connectivity index (χ3v) is 3.91. The van der Waals surface area contributed by atoms with Gasteiger partial charge in [0.05, 0.1) is 6.04 Å². The SMILES string of the molecule is CNC(c1ccc(Br)cc1)c1cc(Cl)cc(Br)c1. The molecule has 0 saturated carbocycles. The molecule has 2 rings (SSSR count). The summed E-state index contributed by atoms with van der Waals surface area (Å²) in [5.74, 6) is 0. The molecule has 1 unspecified atom stereocenters. The average molecular weight is 390 g/mol. The lowest BCUT2D eigenvalue weighted by Crippen LogP contribution is -2.17. The first-order valence-corrected chi connectivity index (χ1v) is 7.45. The summed E-state index contributed by atoms with van der Waals surface area (Å²) in [6.07, 6.45) is 0. The largest absolute Gasteiger partial charge is 0.309 e. The fraction of sp³-hybridized carbons (Fsp3) is 0.143. The first kappa shape index (κ1) is 14.1. The van der Waals surface area contributed by atoms with Crippen LogP contribution in [0.3, 0.4) is 0 Å². The van der Waals surface area contributed by atoms with Crippen LogP contribution in [0.25, 0.3) is 0 Å². The van der Waals surface area contributed by atoms with Crippen molar-refractivity contribution in [2.75, 3.05) is 7.05 Å². The van der Waals surface area contributed by atoms with Gasteiger partial charge in [0.25, 0.3) is 0 Å². The zero-order valence-electron chi connectivity index (χ0n) is 9.75. The summed E-state index contributed by atoms with van der Waals surface area (Å²) in [7, 11) is 1.95. The van der Waals surface area contributed by atoms with Crippen molar-refractivity contribution in [3.63, 3.8) is 0 Å². The van der Waals surface area contributed by atoms with E-state index in [1.165, 1.54) is 5.56 Å². The number of hydrogen-bond donors (Lipinski definition) is 1. The van der Waals surface area contributed by atoms with Crippen LogP contribution < -0.4 is 5.32 Å². The Balaban J connectivity index is 2.41. The molecule has 0 bridgehead atoms. The van der Waals surface area contributed by atoms with Crippen LogP contribution in [-0.2, 0) is 0 Å². The van der Waals surface area contributed by atoms with E-state index in [9.17, 15) is 0 Å². The third kappa shape index (κ3) is 3.35. The minimum Gasteiger partial charge on any atom is -0.309 e. The number of nitrogens with one attached hydrogen (secondary N) is 1. The van der Waals surface area contributed by atoms with Crippen molar-refractivity contribution in [2.24, 2.45) is 0 Å². The van der Waals surface area contributed by atoms with Gasteiger partial charge in [-0.15, -0.1) is 0 Å². The first-order chi connectivity index (χ1) is 8.60. The predicted molar refractivity (Wildman–Crippen MR) is 84.2 cm³/mol. The Labute approximate surface area is 129 Å². The van der Waals surface area contributed by atoms with Gasteiger partial charge in [-0.1, -0.05) is 55.6 Å². The summed E-state index contributed by atoms with van der Waals surface area (Å²) in [5, 5.41) is 4.05. The van der Waals surface area contributed by atoms with Gasteiger partial charge >= 0.3 is 0 Å². The molecular formula is C14H12Br2ClN. The molecule has 0 aliphatic rings. The molecule has 2 aromatic rings. The molecule has 0 amide bonds. The number of hydrogen-bond acceptors (Lipinski definition) is 1. The molecule has 1 atom stereocenters. The number of halogens is 3. The summed E-state index contributed by atoms with van der Waals surface area (Å²) < 4.78 is 2.07. The second-order valence-corrected chi connectivity index (χ2v) is 6.24. The molecule has 94 valence electrons. The summed E-state index contributed by atoms with van der Waals surface area (Å²) in [6, 6.07) is 14.4. The molecule has 0 radical (unpaired) electrons. The number of rotatable bonds is 3. The van der Waals surface area contributed by atoms with Crippen LogP contribution >= 0.6 is 43.5 Å². The summed E-state index contributed by atoms with van der Waals surface area (Å²) in [5.41, 5.74) is 2.34. The molecule has 1 N–H and O–H groups in total. The molecule has 0 fully saturated rings. The molecule has 1 nitrogen and oxygen atoms in total. The monoisotopic (exact) mass is 387 g/mol. The Morgan fingerprint density at radius 3 is 2.17 bits per heavy atom. The molecule has 4 heteroatoms. The van der Waals surface area contributed by atoms with E-state index in [4.69, 9.17) is 11.6 Å². The lowest BCUT2D eigenvalue weighted by molar-refractivity contribution is 0.691. The van der Waals surface area contributed by atoms with Gasteiger partial charge in [-0.2, -0.15) is 0 Å². The molecular weight excluding hydrogens is 377 g/mol. The topological polar surface area (TPSA) is 12.0 Å². The Morgan fingerprint density at radius 2 is 1.61 bits per heavy atom. The minimum atomic E-state index is 0.132. The van der Waals surface area contributed by atoms with Gasteiger partial charge in [0.15, 0.2) is 0 Å². The maximum atomic E-state index is 6.10. The summed E-state index contributed by atoms with van der Waals surface area (Å²) >= 11 is 13.0. The van der Waals surface area contributed by atoms with Crippen molar-refractivity contribution < 1.29 is 0 Å². The van der Waals surface area contributed by atoms with Crippen LogP contribution in [0.4, 0.5) is 0 Å². The van der Waals surface area contributed by atoms with E-state index in [0.717, 1.165) is 19.5 Å². The van der Waals surface area contributed by atoms with Crippen molar-refractivity contribution in [2.45, 2.75) is 6.04 Å². The van der Waals surface area contributed by atoms with Crippen LogP contribution in [0.1, 0.15) is 17.2 Å². The van der Waals surface area contributed by atoms with E-state index in [1.54, 1.807) is 0 Å². The van der Waals surface area contributed by atoms with Crippen molar-refractivity contribution >= 4 is 43.5 Å². The van der Waals surface area contributed by atoms with E-state index < -0.39 is 0 Å². The van der Waals surface area contributed by atoms with E-state index in [0.29, 0.717) is 0 Å². The predicted octanol–water partition coefficient (Wildman–Crippen LogP) is 5.17. The highest BCUT2D eigenvalue weighted by molar-refractivity contribution is 9.10. The van der Waals surface area contributed by atoms with Crippen LogP contribution in [0, 0.1) is 0 Å². The van der Waals surface area contributed by atoms with E-state index in [2.05, 4.69) is 55.4 Å². The van der Waals surface area contributed by atoms with Crippen molar-refractivity contribution in [3.05, 3.63) is 67.6 Å². The van der Waals surface area contributed by atoms with Crippen LogP contribution in [0.2, 0.25) is 5.02 Å². The van der Waals surface area contributed by atoms with Crippen molar-refractivity contribution in [3.8, 4) is 0 Å². The first-order valence-electron chi connectivity index (χ1n) is 5.49. The fourth-order valence-corrected chi connectivity index (χ4v) is 3.07. The van der Waals surface area contributed by atoms with Gasteiger partial charge < -0.3 is 5.32 Å². The molecule has 18 heavy (non-hydrogen) atoms. The average Bonchev–Trinajstić information content (AvgIpc) is 2.31. The third-order valence-electron chi connectivity index (χ3n) is 2.71. The smallest absolute Gasteiger partial charge is 0.0575 e. The highest BCUT2D eigenvalue weighted by atomic mass is 79.9. The van der Waals surface area contributed by atoms with E-state index in [1.807, 2.05) is 31.3 Å². The Bertz CT molecular complexity index is 520. The zero-order valence-corrected chi connectivity index (χ0v) is 13.7.